The molecule has 0 atom stereocenters. The van der Waals surface area contributed by atoms with Gasteiger partial charge < -0.3 is 14.8 Å². The Hall–Kier alpha value is -3.98. The van der Waals surface area contributed by atoms with E-state index in [2.05, 4.69) is 32.8 Å². The lowest BCUT2D eigenvalue weighted by molar-refractivity contribution is 0.288. The van der Waals surface area contributed by atoms with Gasteiger partial charge in [0.05, 0.1) is 29.4 Å². The molecule has 0 fully saturated rings. The summed E-state index contributed by atoms with van der Waals surface area (Å²) < 4.78 is 13.4. The number of hydrogen-bond acceptors (Lipinski definition) is 8. The first-order chi connectivity index (χ1) is 16.6. The lowest BCUT2D eigenvalue weighted by atomic mass is 10.1. The van der Waals surface area contributed by atoms with Gasteiger partial charge in [-0.25, -0.2) is 15.0 Å². The van der Waals surface area contributed by atoms with Crippen LogP contribution in [0.2, 0.25) is 0 Å². The molecule has 0 amide bonds. The van der Waals surface area contributed by atoms with Crippen LogP contribution in [0, 0.1) is 6.92 Å². The van der Waals surface area contributed by atoms with Crippen molar-refractivity contribution in [1.82, 2.24) is 24.5 Å². The molecule has 5 rings (SSSR count). The van der Waals surface area contributed by atoms with Crippen molar-refractivity contribution in [3.05, 3.63) is 65.5 Å². The van der Waals surface area contributed by atoms with Gasteiger partial charge in [-0.05, 0) is 39.0 Å². The fourth-order valence-electron chi connectivity index (χ4n) is 3.64. The zero-order valence-electron chi connectivity index (χ0n) is 19.1. The Bertz CT molecular complexity index is 1430. The molecule has 1 N–H and O–H groups in total. The van der Waals surface area contributed by atoms with Gasteiger partial charge in [0, 0.05) is 40.5 Å². The predicted molar refractivity (Wildman–Crippen MR) is 135 cm³/mol. The van der Waals surface area contributed by atoms with Crippen molar-refractivity contribution in [3.8, 4) is 28.7 Å². The summed E-state index contributed by atoms with van der Waals surface area (Å²) in [4.78, 5) is 18.3. The van der Waals surface area contributed by atoms with Crippen molar-refractivity contribution in [2.45, 2.75) is 20.8 Å². The molecule has 0 saturated heterocycles. The van der Waals surface area contributed by atoms with Crippen LogP contribution in [0.1, 0.15) is 18.9 Å². The third-order valence-corrected chi connectivity index (χ3v) is 5.90. The Labute approximate surface area is 201 Å². The van der Waals surface area contributed by atoms with Crippen LogP contribution in [-0.2, 0) is 0 Å². The lowest BCUT2D eigenvalue weighted by Crippen LogP contribution is -2.05. The third-order valence-electron chi connectivity index (χ3n) is 5.12. The second-order valence-corrected chi connectivity index (χ2v) is 8.54. The number of hydrogen-bond donors (Lipinski definition) is 1. The molecule has 172 valence electrons. The first kappa shape index (κ1) is 21.8. The zero-order valence-corrected chi connectivity index (χ0v) is 20.0. The quantitative estimate of drug-likeness (QED) is 0.306. The summed E-state index contributed by atoms with van der Waals surface area (Å²) in [5, 5.41) is 7.41. The van der Waals surface area contributed by atoms with E-state index in [0.717, 1.165) is 32.9 Å². The van der Waals surface area contributed by atoms with Gasteiger partial charge in [0.1, 0.15) is 12.1 Å². The van der Waals surface area contributed by atoms with E-state index in [9.17, 15) is 0 Å². The normalized spacial score (nSPS) is 11.0. The number of fused-ring (bicyclic) bond motifs is 1. The average molecular weight is 473 g/mol. The van der Waals surface area contributed by atoms with Gasteiger partial charge in [-0.15, -0.1) is 11.3 Å². The van der Waals surface area contributed by atoms with E-state index in [0.29, 0.717) is 36.5 Å². The number of nitrogens with one attached hydrogen (secondary N) is 1. The number of imidazole rings is 1. The van der Waals surface area contributed by atoms with Gasteiger partial charge in [0.2, 0.25) is 5.95 Å². The predicted octanol–water partition coefficient (Wildman–Crippen LogP) is 5.79. The Morgan fingerprint density at radius 1 is 1.00 bits per heavy atom. The Kier molecular flexibility index (Phi) is 6.09. The van der Waals surface area contributed by atoms with E-state index >= 15 is 0 Å². The zero-order chi connectivity index (χ0) is 23.5. The summed E-state index contributed by atoms with van der Waals surface area (Å²) in [6.45, 7) is 6.95. The highest BCUT2D eigenvalue weighted by Gasteiger charge is 2.15. The number of benzene rings is 2. The molecule has 0 aliphatic carbocycles. The van der Waals surface area contributed by atoms with Crippen molar-refractivity contribution in [2.75, 3.05) is 18.5 Å². The molecule has 34 heavy (non-hydrogen) atoms. The number of ether oxygens (including phenoxy) is 2. The maximum absolute atomic E-state index is 5.85. The van der Waals surface area contributed by atoms with Gasteiger partial charge in [0.25, 0.3) is 0 Å². The van der Waals surface area contributed by atoms with Gasteiger partial charge in [-0.1, -0.05) is 12.1 Å². The van der Waals surface area contributed by atoms with E-state index in [1.807, 2.05) is 51.2 Å². The summed E-state index contributed by atoms with van der Waals surface area (Å²) in [7, 11) is 0. The van der Waals surface area contributed by atoms with Crippen molar-refractivity contribution in [3.63, 3.8) is 0 Å². The van der Waals surface area contributed by atoms with Crippen molar-refractivity contribution in [1.29, 1.82) is 0 Å². The minimum Gasteiger partial charge on any atom is -0.490 e. The number of anilines is 2. The third kappa shape index (κ3) is 4.42. The van der Waals surface area contributed by atoms with Gasteiger partial charge in [0.15, 0.2) is 11.5 Å². The van der Waals surface area contributed by atoms with Crippen molar-refractivity contribution >= 4 is 33.7 Å². The maximum Gasteiger partial charge on any atom is 0.237 e. The smallest absolute Gasteiger partial charge is 0.237 e. The van der Waals surface area contributed by atoms with Crippen LogP contribution >= 0.6 is 11.3 Å². The SMILES string of the molecule is CCOc1cc2nc(-n3ccnc3)nc(Nc3cccc(-c4csc(C)n4)c3)c2cc1OCC. The minimum atomic E-state index is 0.505. The van der Waals surface area contributed by atoms with Crippen LogP contribution < -0.4 is 14.8 Å². The van der Waals surface area contributed by atoms with E-state index in [1.165, 1.54) is 0 Å². The molecule has 0 radical (unpaired) electrons. The summed E-state index contributed by atoms with van der Waals surface area (Å²) in [5.41, 5.74) is 3.62. The molecule has 0 unspecified atom stereocenters. The van der Waals surface area contributed by atoms with Crippen LogP contribution in [0.25, 0.3) is 28.1 Å². The largest absolute Gasteiger partial charge is 0.490 e. The Balaban J connectivity index is 1.63. The highest BCUT2D eigenvalue weighted by molar-refractivity contribution is 7.09. The maximum atomic E-state index is 5.85. The van der Waals surface area contributed by atoms with Crippen LogP contribution in [0.15, 0.2) is 60.5 Å². The highest BCUT2D eigenvalue weighted by atomic mass is 32.1. The van der Waals surface area contributed by atoms with E-state index in [4.69, 9.17) is 19.4 Å². The molecule has 0 saturated carbocycles. The molecule has 3 heterocycles. The molecular weight excluding hydrogens is 448 g/mol. The number of aryl methyl sites for hydroxylation is 1. The first-order valence-electron chi connectivity index (χ1n) is 11.0. The molecule has 0 aliphatic heterocycles. The summed E-state index contributed by atoms with van der Waals surface area (Å²) in [6.07, 6.45) is 5.19. The van der Waals surface area contributed by atoms with Crippen molar-refractivity contribution in [2.24, 2.45) is 0 Å². The summed E-state index contributed by atoms with van der Waals surface area (Å²) >= 11 is 1.64. The van der Waals surface area contributed by atoms with Crippen LogP contribution in [0.5, 0.6) is 11.5 Å². The standard InChI is InChI=1S/C25H24N6O2S/c1-4-32-22-12-19-20(13-23(22)33-5-2)29-25(31-10-9-26-15-31)30-24(19)28-18-8-6-7-17(11-18)21-14-34-16(3)27-21/h6-15H,4-5H2,1-3H3,(H,28,29,30). The topological polar surface area (TPSA) is 87.0 Å². The second kappa shape index (κ2) is 9.48. The number of rotatable bonds is 8. The molecule has 0 spiro atoms. The van der Waals surface area contributed by atoms with E-state index < -0.39 is 0 Å². The van der Waals surface area contributed by atoms with Crippen molar-refractivity contribution < 1.29 is 9.47 Å². The van der Waals surface area contributed by atoms with Crippen LogP contribution in [-0.4, -0.2) is 37.7 Å². The Morgan fingerprint density at radius 3 is 2.53 bits per heavy atom. The molecule has 0 bridgehead atoms. The molecule has 2 aromatic carbocycles. The van der Waals surface area contributed by atoms with E-state index in [-0.39, 0.29) is 0 Å². The monoisotopic (exact) mass is 472 g/mol. The van der Waals surface area contributed by atoms with Gasteiger partial charge in [-0.3, -0.25) is 4.57 Å². The Morgan fingerprint density at radius 2 is 1.82 bits per heavy atom. The molecule has 0 aliphatic rings. The number of aromatic nitrogens is 5. The number of thiazole rings is 1. The summed E-state index contributed by atoms with van der Waals surface area (Å²) in [5.74, 6) is 2.47. The van der Waals surface area contributed by atoms with Gasteiger partial charge in [-0.2, -0.15) is 4.98 Å². The molecular formula is C25H24N6O2S. The van der Waals surface area contributed by atoms with Crippen LogP contribution in [0.3, 0.4) is 0 Å². The molecule has 5 aromatic rings. The fraction of sp³-hybridized carbons (Fsp3) is 0.200. The average Bonchev–Trinajstić information content (AvgIpc) is 3.52. The molecule has 3 aromatic heterocycles. The second-order valence-electron chi connectivity index (χ2n) is 7.48. The van der Waals surface area contributed by atoms with Crippen LogP contribution in [0.4, 0.5) is 11.5 Å². The highest BCUT2D eigenvalue weighted by Crippen LogP contribution is 2.36. The summed E-state index contributed by atoms with van der Waals surface area (Å²) in [6, 6.07) is 12.0. The minimum absolute atomic E-state index is 0.505. The van der Waals surface area contributed by atoms with Gasteiger partial charge >= 0.3 is 0 Å². The number of nitrogens with zero attached hydrogens (tertiary/aromatic N) is 5. The first-order valence-corrected chi connectivity index (χ1v) is 11.9. The molecule has 8 nitrogen and oxygen atoms in total. The molecule has 9 heteroatoms. The fourth-order valence-corrected chi connectivity index (χ4v) is 4.26. The lowest BCUT2D eigenvalue weighted by Gasteiger charge is -2.15. The van der Waals surface area contributed by atoms with E-state index in [1.54, 1.807) is 28.4 Å².